The summed E-state index contributed by atoms with van der Waals surface area (Å²) in [6, 6.07) is 90.0. The van der Waals surface area contributed by atoms with Crippen molar-refractivity contribution in [1.82, 2.24) is 43.3 Å². The zero-order chi connectivity index (χ0) is 68.5. The number of nitrogens with one attached hydrogen (secondary N) is 3. The first-order valence-corrected chi connectivity index (χ1v) is 36.5. The highest BCUT2D eigenvalue weighted by molar-refractivity contribution is 9.11. The van der Waals surface area contributed by atoms with Crippen molar-refractivity contribution in [2.45, 2.75) is 13.8 Å². The van der Waals surface area contributed by atoms with Crippen molar-refractivity contribution in [1.29, 1.82) is 0 Å². The quantitative estimate of drug-likeness (QED) is 0.152. The summed E-state index contributed by atoms with van der Waals surface area (Å²) in [4.78, 5) is 34.0. The predicted molar refractivity (Wildman–Crippen MR) is 437 cm³/mol. The van der Waals surface area contributed by atoms with E-state index >= 15 is 0 Å². The number of aromatic nitrogens is 9. The zero-order valence-corrected chi connectivity index (χ0v) is 61.5. The Morgan fingerprint density at radius 3 is 1.33 bits per heavy atom. The summed E-state index contributed by atoms with van der Waals surface area (Å²) in [5.41, 5.74) is 14.2. The number of hydrogen-bond donors (Lipinski definition) is 3. The van der Waals surface area contributed by atoms with Crippen molar-refractivity contribution in [3.8, 4) is 5.95 Å². The highest BCUT2D eigenvalue weighted by Gasteiger charge is 2.24. The fourth-order valence-electron chi connectivity index (χ4n) is 14.3. The van der Waals surface area contributed by atoms with Crippen LogP contribution in [0.4, 0.5) is 0 Å². The molecule has 0 spiro atoms. The fraction of sp³-hybridized carbons (Fsp3) is 0.0238. The Kier molecular flexibility index (Phi) is 15.1. The summed E-state index contributed by atoms with van der Waals surface area (Å²) in [6.07, 6.45) is 0. The van der Waals surface area contributed by atoms with Gasteiger partial charge in [-0.2, -0.15) is 0 Å². The molecule has 0 saturated heterocycles. The van der Waals surface area contributed by atoms with Gasteiger partial charge in [-0.1, -0.05) is 193 Å². The van der Waals surface area contributed by atoms with Crippen LogP contribution in [0.15, 0.2) is 277 Å². The van der Waals surface area contributed by atoms with Gasteiger partial charge in [-0.25, -0.2) is 15.0 Å². The second kappa shape index (κ2) is 24.7. The van der Waals surface area contributed by atoms with Crippen LogP contribution in [0, 0.1) is 0 Å². The largest absolute Gasteiger partial charge is 0.354 e. The molecule has 0 fully saturated rings. The van der Waals surface area contributed by atoms with E-state index in [4.69, 9.17) is 22.9 Å². The standard InChI is InChI=1S/C27H15Br2N3.C27H14BrN3.C16H9Br2N.C11H7ClN2.C3H6O/c28-19-13-21-20-9-15-5-1-4-8-18(15)12-25(20)32(26(21)22(29)14-19)27-30-23-10-16-6-2-3-7-17(16)11-24(23)31-27;28-19-13-21-20-9-15-5-1-3-7-17(15)11-23(20)31-26(21)25(14-19)30-24-12-18-8-4-2-6-16(18)10-22(24)29-27(30)31;17-11-7-13-12-5-9-3-1-2-4-10(9)6-15(12)19-16(13)14(18)8-11;12-11-13-9-5-7-3-1-2-4-8(7)6-10(9)14-11;1-3(2)4/h1-14H,(H,30,31);1-14H;1-8,19H;1-6H,(H,13,14);1-2H3/i;;;;1D. The minimum Gasteiger partial charge on any atom is -0.354 e. The van der Waals surface area contributed by atoms with Gasteiger partial charge < -0.3 is 19.7 Å². The number of carbonyl (C=O) groups excluding carboxylic acids is 1. The minimum absolute atomic E-state index is 0.0787. The highest BCUT2D eigenvalue weighted by atomic mass is 79.9. The third kappa shape index (κ3) is 10.8. The number of imidazole rings is 4. The van der Waals surface area contributed by atoms with Gasteiger partial charge in [-0.3, -0.25) is 13.4 Å². The molecule has 7 heterocycles. The Labute approximate surface area is 617 Å². The van der Waals surface area contributed by atoms with E-state index in [1.165, 1.54) is 126 Å². The smallest absolute Gasteiger partial charge is 0.220 e. The van der Waals surface area contributed by atoms with E-state index in [2.05, 4.69) is 350 Å². The summed E-state index contributed by atoms with van der Waals surface area (Å²) < 4.78 is 18.5. The van der Waals surface area contributed by atoms with E-state index in [1.807, 2.05) is 18.2 Å². The number of rotatable bonds is 1. The molecule has 7 aromatic heterocycles. The SMILES string of the molecule is Brc1cc(Br)c2[nH]c3cc4ccccc4cc3c2c1.Brc1cc(Br)c2c(c1)c1cc3ccccc3cc1n2-c1nc2cc3ccccc3cc2[nH]1.Brc1cc2c3cc4ccccc4cc3n3c2c(c1)n1c2cc4ccccc4cc2nc13.Clc1nc2cc3ccccc3cc2[nH]1.[2H]CC(C)=O. The zero-order valence-electron chi connectivity index (χ0n) is 53.8. The molecule has 0 atom stereocenters. The molecule has 22 rings (SSSR count). The lowest BCUT2D eigenvalue weighted by Gasteiger charge is -2.06. The molecular weight excluding hydrogens is 1590 g/mol. The van der Waals surface area contributed by atoms with Crippen LogP contribution in [0.2, 0.25) is 5.28 Å². The van der Waals surface area contributed by atoms with Crippen LogP contribution >= 0.6 is 91.3 Å². The minimum atomic E-state index is -0.0833. The van der Waals surface area contributed by atoms with Crippen LogP contribution in [0.5, 0.6) is 0 Å². The second-order valence-electron chi connectivity index (χ2n) is 25.0. The topological polar surface area (TPSA) is 117 Å². The Morgan fingerprint density at radius 2 is 0.780 bits per heavy atom. The molecule has 10 nitrogen and oxygen atoms in total. The van der Waals surface area contributed by atoms with Crippen LogP contribution in [-0.4, -0.2) is 49.1 Å². The number of nitrogens with zero attached hydrogens (tertiary/aromatic N) is 6. The molecule has 16 heteroatoms. The number of halogens is 6. The summed E-state index contributed by atoms with van der Waals surface area (Å²) in [7, 11) is 0. The number of ketones is 1. The van der Waals surface area contributed by atoms with Gasteiger partial charge in [0.25, 0.3) is 0 Å². The molecule has 0 saturated carbocycles. The molecular formula is C84H51Br5ClN9O. The van der Waals surface area contributed by atoms with Crippen molar-refractivity contribution in [3.63, 3.8) is 0 Å². The van der Waals surface area contributed by atoms with E-state index < -0.39 is 0 Å². The maximum atomic E-state index is 9.62. The second-order valence-corrected chi connectivity index (χ2v) is 29.9. The van der Waals surface area contributed by atoms with Crippen LogP contribution in [-0.2, 0) is 4.79 Å². The fourth-order valence-corrected chi connectivity index (χ4v) is 17.7. The Hall–Kier alpha value is -9.97. The van der Waals surface area contributed by atoms with Crippen LogP contribution in [0.1, 0.15) is 15.2 Å². The molecule has 0 aliphatic heterocycles. The first kappa shape index (κ1) is 61.1. The van der Waals surface area contributed by atoms with Gasteiger partial charge in [0.05, 0.1) is 66.2 Å². The van der Waals surface area contributed by atoms with Crippen LogP contribution in [0.25, 0.3) is 180 Å². The van der Waals surface area contributed by atoms with Crippen molar-refractivity contribution in [2.75, 3.05) is 0 Å². The first-order chi connectivity index (χ1) is 49.2. The summed E-state index contributed by atoms with van der Waals surface area (Å²) in [5.74, 6) is 1.70. The van der Waals surface area contributed by atoms with Gasteiger partial charge in [0.2, 0.25) is 17.0 Å². The van der Waals surface area contributed by atoms with Crippen molar-refractivity contribution in [2.24, 2.45) is 0 Å². The molecule has 3 N–H and O–H groups in total. The molecule has 0 aliphatic carbocycles. The Balaban J connectivity index is 0.0000000986. The average molecular weight is 1640 g/mol. The molecule has 0 radical (unpaired) electrons. The van der Waals surface area contributed by atoms with E-state index in [-0.39, 0.29) is 12.7 Å². The van der Waals surface area contributed by atoms with Gasteiger partial charge in [0.15, 0.2) is 0 Å². The molecule has 0 bridgehead atoms. The van der Waals surface area contributed by atoms with Crippen molar-refractivity contribution >= 4 is 271 Å². The Morgan fingerprint density at radius 1 is 0.370 bits per heavy atom. The lowest BCUT2D eigenvalue weighted by molar-refractivity contribution is -0.115. The van der Waals surface area contributed by atoms with Gasteiger partial charge in [-0.15, -0.1) is 0 Å². The van der Waals surface area contributed by atoms with E-state index in [9.17, 15) is 4.79 Å². The average Bonchev–Trinajstić information content (AvgIpc) is 1.53. The van der Waals surface area contributed by atoms with Gasteiger partial charge in [0, 0.05) is 61.6 Å². The molecule has 480 valence electrons. The third-order valence-electron chi connectivity index (χ3n) is 18.6. The van der Waals surface area contributed by atoms with E-state index in [1.54, 1.807) is 0 Å². The highest BCUT2D eigenvalue weighted by Crippen LogP contribution is 2.43. The van der Waals surface area contributed by atoms with Crippen molar-refractivity contribution < 1.29 is 6.17 Å². The van der Waals surface area contributed by atoms with Crippen LogP contribution < -0.4 is 0 Å². The number of benzene rings is 15. The van der Waals surface area contributed by atoms with E-state index in [0.29, 0.717) is 5.28 Å². The first-order valence-electron chi connectivity index (χ1n) is 32.9. The molecule has 0 unspecified atom stereocenters. The number of carbonyl (C=O) groups is 1. The van der Waals surface area contributed by atoms with Gasteiger partial charge in [0.1, 0.15) is 5.78 Å². The van der Waals surface area contributed by atoms with Gasteiger partial charge in [-0.05, 0) is 231 Å². The molecule has 0 amide bonds. The van der Waals surface area contributed by atoms with Crippen LogP contribution in [0.3, 0.4) is 0 Å². The number of H-pyrrole nitrogens is 3. The number of fused-ring (bicyclic) bond motifs is 22. The number of Topliss-reactive ketones (excluding diaryl/α,β-unsaturated/α-hetero) is 1. The normalized spacial score (nSPS) is 12.0. The molecule has 0 aliphatic rings. The van der Waals surface area contributed by atoms with E-state index in [0.717, 1.165) is 83.7 Å². The number of hydrogen-bond acceptors (Lipinski definition) is 4. The third-order valence-corrected chi connectivity index (χ3v) is 21.4. The molecule has 100 heavy (non-hydrogen) atoms. The lowest BCUT2D eigenvalue weighted by atomic mass is 10.1. The number of aromatic amines is 3. The predicted octanol–water partition coefficient (Wildman–Crippen LogP) is 26.0. The summed E-state index contributed by atoms with van der Waals surface area (Å²) in [6.45, 7) is 1.31. The van der Waals surface area contributed by atoms with Gasteiger partial charge >= 0.3 is 0 Å². The lowest BCUT2D eigenvalue weighted by Crippen LogP contribution is -1.97. The Bertz CT molecular complexity index is 7070. The van der Waals surface area contributed by atoms with Crippen molar-refractivity contribution in [3.05, 3.63) is 282 Å². The molecule has 22 aromatic rings. The molecule has 15 aromatic carbocycles. The monoisotopic (exact) mass is 1630 g/mol. The maximum absolute atomic E-state index is 9.62. The summed E-state index contributed by atoms with van der Waals surface area (Å²) in [5, 5.41) is 22.5. The summed E-state index contributed by atoms with van der Waals surface area (Å²) >= 11 is 24.2. The maximum Gasteiger partial charge on any atom is 0.220 e.